The van der Waals surface area contributed by atoms with E-state index in [-0.39, 0.29) is 0 Å². The molecule has 0 saturated heterocycles. The third-order valence-corrected chi connectivity index (χ3v) is 3.09. The highest BCUT2D eigenvalue weighted by Crippen LogP contribution is 2.26. The van der Waals surface area contributed by atoms with Crippen LogP contribution >= 0.6 is 11.6 Å². The Hall–Kier alpha value is -1.32. The lowest BCUT2D eigenvalue weighted by atomic mass is 10.0. The summed E-state index contributed by atoms with van der Waals surface area (Å²) in [5, 5.41) is 12.6. The molecule has 3 rings (SSSR count). The summed E-state index contributed by atoms with van der Waals surface area (Å²) in [7, 11) is 0. The quantitative estimate of drug-likeness (QED) is 0.795. The minimum Gasteiger partial charge on any atom is -0.312 e. The summed E-state index contributed by atoms with van der Waals surface area (Å²) < 4.78 is 0. The zero-order valence-electron chi connectivity index (χ0n) is 8.76. The van der Waals surface area contributed by atoms with Crippen molar-refractivity contribution in [3.05, 3.63) is 35.0 Å². The molecule has 0 amide bonds. The number of halogens is 1. The van der Waals surface area contributed by atoms with Crippen LogP contribution in [0, 0.1) is 0 Å². The second-order valence-corrected chi connectivity index (χ2v) is 4.39. The maximum Gasteiger partial charge on any atom is 0.0969 e. The lowest BCUT2D eigenvalue weighted by molar-refractivity contribution is 0.737. The number of hydrogen-bond donors (Lipinski definition) is 2. The molecule has 2 aromatic rings. The fraction of sp³-hybridized carbons (Fsp3) is 0.250. The SMILES string of the molecule is Clc1ccc2[nH]nc(C3=CCCNC3)c2c1. The summed E-state index contributed by atoms with van der Waals surface area (Å²) in [5.41, 5.74) is 3.30. The Morgan fingerprint density at radius 2 is 2.25 bits per heavy atom. The minimum absolute atomic E-state index is 0.750. The Kier molecular flexibility index (Phi) is 2.42. The highest BCUT2D eigenvalue weighted by Gasteiger charge is 2.12. The van der Waals surface area contributed by atoms with Gasteiger partial charge in [0.15, 0.2) is 0 Å². The molecule has 0 atom stereocenters. The van der Waals surface area contributed by atoms with Crippen molar-refractivity contribution in [2.24, 2.45) is 0 Å². The summed E-state index contributed by atoms with van der Waals surface area (Å²) in [4.78, 5) is 0. The molecule has 0 aliphatic carbocycles. The van der Waals surface area contributed by atoms with Crippen LogP contribution in [0.5, 0.6) is 0 Å². The Morgan fingerprint density at radius 3 is 3.06 bits per heavy atom. The third kappa shape index (κ3) is 1.62. The maximum absolute atomic E-state index is 6.01. The van der Waals surface area contributed by atoms with Gasteiger partial charge < -0.3 is 5.32 Å². The van der Waals surface area contributed by atoms with E-state index in [1.54, 1.807) is 0 Å². The van der Waals surface area contributed by atoms with E-state index in [9.17, 15) is 0 Å². The van der Waals surface area contributed by atoms with Crippen molar-refractivity contribution in [1.82, 2.24) is 15.5 Å². The lowest BCUT2D eigenvalue weighted by Crippen LogP contribution is -2.21. The average molecular weight is 234 g/mol. The van der Waals surface area contributed by atoms with E-state index in [0.717, 1.165) is 41.1 Å². The van der Waals surface area contributed by atoms with Crippen molar-refractivity contribution >= 4 is 28.1 Å². The predicted molar refractivity (Wildman–Crippen MR) is 66.6 cm³/mol. The molecule has 0 radical (unpaired) electrons. The lowest BCUT2D eigenvalue weighted by Gasteiger charge is -2.12. The van der Waals surface area contributed by atoms with Gasteiger partial charge in [-0.25, -0.2) is 0 Å². The van der Waals surface area contributed by atoms with E-state index >= 15 is 0 Å². The highest BCUT2D eigenvalue weighted by molar-refractivity contribution is 6.31. The number of nitrogens with one attached hydrogen (secondary N) is 2. The van der Waals surface area contributed by atoms with Gasteiger partial charge in [0.2, 0.25) is 0 Å². The molecule has 0 saturated carbocycles. The Morgan fingerprint density at radius 1 is 1.31 bits per heavy atom. The van der Waals surface area contributed by atoms with Crippen LogP contribution in [0.4, 0.5) is 0 Å². The van der Waals surface area contributed by atoms with Crippen molar-refractivity contribution in [1.29, 1.82) is 0 Å². The molecule has 4 heteroatoms. The fourth-order valence-corrected chi connectivity index (χ4v) is 2.23. The van der Waals surface area contributed by atoms with Crippen molar-refractivity contribution < 1.29 is 0 Å². The van der Waals surface area contributed by atoms with Crippen LogP contribution in [-0.2, 0) is 0 Å². The van der Waals surface area contributed by atoms with E-state index < -0.39 is 0 Å². The molecule has 16 heavy (non-hydrogen) atoms. The van der Waals surface area contributed by atoms with Crippen molar-refractivity contribution in [3.8, 4) is 0 Å². The fourth-order valence-electron chi connectivity index (χ4n) is 2.06. The second-order valence-electron chi connectivity index (χ2n) is 3.96. The molecule has 0 bridgehead atoms. The first-order chi connectivity index (χ1) is 7.84. The van der Waals surface area contributed by atoms with E-state index in [1.807, 2.05) is 18.2 Å². The number of rotatable bonds is 1. The molecule has 0 fully saturated rings. The molecule has 0 spiro atoms. The minimum atomic E-state index is 0.750. The van der Waals surface area contributed by atoms with Gasteiger partial charge in [0.1, 0.15) is 0 Å². The molecule has 82 valence electrons. The standard InChI is InChI=1S/C12H12ClN3/c13-9-3-4-11-10(6-9)12(16-15-11)8-2-1-5-14-7-8/h2-4,6,14H,1,5,7H2,(H,15,16). The van der Waals surface area contributed by atoms with Crippen LogP contribution in [0.25, 0.3) is 16.5 Å². The van der Waals surface area contributed by atoms with Gasteiger partial charge in [-0.2, -0.15) is 5.10 Å². The molecule has 1 aromatic carbocycles. The van der Waals surface area contributed by atoms with Gasteiger partial charge in [-0.15, -0.1) is 0 Å². The van der Waals surface area contributed by atoms with Crippen LogP contribution in [-0.4, -0.2) is 23.3 Å². The third-order valence-electron chi connectivity index (χ3n) is 2.86. The Balaban J connectivity index is 2.16. The molecule has 3 nitrogen and oxygen atoms in total. The summed E-state index contributed by atoms with van der Waals surface area (Å²) >= 11 is 6.01. The molecule has 2 N–H and O–H groups in total. The molecule has 0 unspecified atom stereocenters. The molecular weight excluding hydrogens is 222 g/mol. The molecule has 2 heterocycles. The zero-order valence-corrected chi connectivity index (χ0v) is 9.51. The summed E-state index contributed by atoms with van der Waals surface area (Å²) in [6.07, 6.45) is 3.30. The first-order valence-electron chi connectivity index (χ1n) is 5.38. The number of aromatic nitrogens is 2. The van der Waals surface area contributed by atoms with Gasteiger partial charge in [-0.3, -0.25) is 5.10 Å². The van der Waals surface area contributed by atoms with Crippen LogP contribution < -0.4 is 5.32 Å². The van der Waals surface area contributed by atoms with Gasteiger partial charge in [0.05, 0.1) is 11.2 Å². The van der Waals surface area contributed by atoms with Crippen LogP contribution in [0.15, 0.2) is 24.3 Å². The summed E-state index contributed by atoms with van der Waals surface area (Å²) in [6.45, 7) is 1.93. The van der Waals surface area contributed by atoms with Crippen molar-refractivity contribution in [2.45, 2.75) is 6.42 Å². The highest BCUT2D eigenvalue weighted by atomic mass is 35.5. The van der Waals surface area contributed by atoms with Crippen LogP contribution in [0.2, 0.25) is 5.02 Å². The second kappa shape index (κ2) is 3.92. The van der Waals surface area contributed by atoms with Crippen LogP contribution in [0.1, 0.15) is 12.1 Å². The van der Waals surface area contributed by atoms with Crippen molar-refractivity contribution in [3.63, 3.8) is 0 Å². The maximum atomic E-state index is 6.01. The monoisotopic (exact) mass is 233 g/mol. The van der Waals surface area contributed by atoms with Crippen molar-refractivity contribution in [2.75, 3.05) is 13.1 Å². The van der Waals surface area contributed by atoms with Gasteiger partial charge in [-0.05, 0) is 36.7 Å². The Bertz CT molecular complexity index is 556. The first-order valence-corrected chi connectivity index (χ1v) is 5.76. The molecular formula is C12H12ClN3. The van der Waals surface area contributed by atoms with E-state index in [2.05, 4.69) is 21.6 Å². The smallest absolute Gasteiger partial charge is 0.0969 e. The number of nitrogens with zero attached hydrogens (tertiary/aromatic N) is 1. The molecule has 1 aromatic heterocycles. The number of hydrogen-bond acceptors (Lipinski definition) is 2. The Labute approximate surface area is 98.5 Å². The largest absolute Gasteiger partial charge is 0.312 e. The predicted octanol–water partition coefficient (Wildman–Crippen LogP) is 2.59. The van der Waals surface area contributed by atoms with Crippen LogP contribution in [0.3, 0.4) is 0 Å². The first kappa shape index (κ1) is 9.87. The van der Waals surface area contributed by atoms with Gasteiger partial charge in [0.25, 0.3) is 0 Å². The number of benzene rings is 1. The molecule has 1 aliphatic heterocycles. The summed E-state index contributed by atoms with van der Waals surface area (Å²) in [5.74, 6) is 0. The topological polar surface area (TPSA) is 40.7 Å². The average Bonchev–Trinajstić information content (AvgIpc) is 2.73. The number of aromatic amines is 1. The zero-order chi connectivity index (χ0) is 11.0. The van der Waals surface area contributed by atoms with Gasteiger partial charge in [0, 0.05) is 17.0 Å². The molecule has 1 aliphatic rings. The van der Waals surface area contributed by atoms with E-state index in [1.165, 1.54) is 5.57 Å². The number of fused-ring (bicyclic) bond motifs is 1. The normalized spacial score (nSPS) is 16.4. The summed E-state index contributed by atoms with van der Waals surface area (Å²) in [6, 6.07) is 5.80. The van der Waals surface area contributed by atoms with Gasteiger partial charge >= 0.3 is 0 Å². The number of H-pyrrole nitrogens is 1. The van der Waals surface area contributed by atoms with Gasteiger partial charge in [-0.1, -0.05) is 17.7 Å². The van der Waals surface area contributed by atoms with E-state index in [4.69, 9.17) is 11.6 Å². The van der Waals surface area contributed by atoms with E-state index in [0.29, 0.717) is 0 Å².